The summed E-state index contributed by atoms with van der Waals surface area (Å²) in [5.41, 5.74) is 2.04. The van der Waals surface area contributed by atoms with Crippen molar-refractivity contribution in [3.63, 3.8) is 0 Å². The summed E-state index contributed by atoms with van der Waals surface area (Å²) < 4.78 is 12.8. The second-order valence-electron chi connectivity index (χ2n) is 10.9. The van der Waals surface area contributed by atoms with Gasteiger partial charge in [0, 0.05) is 25.1 Å². The molecule has 16 heteroatoms. The molecule has 1 amide bonds. The Kier molecular flexibility index (Phi) is 8.35. The lowest BCUT2D eigenvalue weighted by Gasteiger charge is -2.33. The topological polar surface area (TPSA) is 223 Å². The maximum absolute atomic E-state index is 12.5. The number of halogens is 1. The minimum atomic E-state index is -2.80. The van der Waals surface area contributed by atoms with E-state index in [1.807, 2.05) is 0 Å². The van der Waals surface area contributed by atoms with Crippen LogP contribution >= 0.6 is 11.6 Å². The van der Waals surface area contributed by atoms with E-state index in [-0.39, 0.29) is 33.7 Å². The summed E-state index contributed by atoms with van der Waals surface area (Å²) in [5, 5.41) is 42.8. The molecule has 4 atom stereocenters. The first kappa shape index (κ1) is 31.3. The Hall–Kier alpha value is -4.15. The Bertz CT molecular complexity index is 1620. The van der Waals surface area contributed by atoms with Crippen molar-refractivity contribution in [2.24, 2.45) is 0 Å². The van der Waals surface area contributed by atoms with E-state index < -0.39 is 54.6 Å². The molecule has 2 saturated heterocycles. The van der Waals surface area contributed by atoms with Crippen molar-refractivity contribution < 1.29 is 44.3 Å². The summed E-state index contributed by atoms with van der Waals surface area (Å²) in [6, 6.07) is 6.29. The Morgan fingerprint density at radius 3 is 2.52 bits per heavy atom. The zero-order valence-corrected chi connectivity index (χ0v) is 24.3. The number of nitrogens with two attached hydrogens (primary N) is 1. The van der Waals surface area contributed by atoms with Crippen molar-refractivity contribution in [3.05, 3.63) is 53.6 Å². The molecule has 5 rings (SSSR count). The van der Waals surface area contributed by atoms with Crippen molar-refractivity contribution in [3.8, 4) is 0 Å². The number of fused-ring (bicyclic) bond motifs is 1. The molecule has 15 nitrogen and oxygen atoms in total. The third-order valence-electron chi connectivity index (χ3n) is 8.09. The largest absolute Gasteiger partial charge is 0.479 e. The van der Waals surface area contributed by atoms with E-state index in [2.05, 4.69) is 21.5 Å². The molecule has 2 aromatic heterocycles. The summed E-state index contributed by atoms with van der Waals surface area (Å²) in [7, 11) is 0. The minimum Gasteiger partial charge on any atom is -0.479 e. The third-order valence-corrected chi connectivity index (χ3v) is 8.26. The predicted molar refractivity (Wildman–Crippen MR) is 155 cm³/mol. The first-order chi connectivity index (χ1) is 20.8. The van der Waals surface area contributed by atoms with Crippen molar-refractivity contribution in [1.82, 2.24) is 19.5 Å². The molecular weight excluding hydrogens is 600 g/mol. The van der Waals surface area contributed by atoms with E-state index in [4.69, 9.17) is 26.8 Å². The number of aliphatic carboxylic acids is 2. The number of hydrogen-bond donors (Lipinski definition) is 5. The molecule has 2 aliphatic rings. The molecule has 0 unspecified atom stereocenters. The minimum absolute atomic E-state index is 0.0255. The van der Waals surface area contributed by atoms with Crippen molar-refractivity contribution in [1.29, 1.82) is 0 Å². The number of imidazole rings is 1. The number of amides is 1. The van der Waals surface area contributed by atoms with Crippen molar-refractivity contribution >= 4 is 52.1 Å². The standard InChI is InChI=1S/C28H31ClN6O9/c1-14(2)28(42)17(44-23(20(28)37)35-13-31-19-21(30)32-26(29)33-22(19)35)12-43-27(24(38)39,25(40)41)11-15-6-8-16(9-7-15)34-10-4-3-5-18(34)36/h6-9,13,17,20,23,37,42H,1,3-5,10-12H2,2H3,(H,38,39)(H,40,41)(H2,30,32,33)/t17-,20+,23-,28-/m1/s1. The quantitative estimate of drug-likeness (QED) is 0.121. The van der Waals surface area contributed by atoms with Crippen molar-refractivity contribution in [2.45, 2.75) is 62.2 Å². The zero-order valence-electron chi connectivity index (χ0n) is 23.6. The van der Waals surface area contributed by atoms with E-state index >= 15 is 0 Å². The fourth-order valence-corrected chi connectivity index (χ4v) is 5.73. The molecule has 44 heavy (non-hydrogen) atoms. The van der Waals surface area contributed by atoms with Crippen LogP contribution in [0, 0.1) is 0 Å². The van der Waals surface area contributed by atoms with Crippen LogP contribution in [-0.2, 0) is 30.3 Å². The fourth-order valence-electron chi connectivity index (χ4n) is 5.56. The predicted octanol–water partition coefficient (Wildman–Crippen LogP) is 1.31. The van der Waals surface area contributed by atoms with Crippen LogP contribution in [0.3, 0.4) is 0 Å². The Labute approximate surface area is 255 Å². The van der Waals surface area contributed by atoms with E-state index in [1.54, 1.807) is 17.0 Å². The van der Waals surface area contributed by atoms with Gasteiger partial charge in [-0.2, -0.15) is 9.97 Å². The van der Waals surface area contributed by atoms with Crippen molar-refractivity contribution in [2.75, 3.05) is 23.8 Å². The maximum Gasteiger partial charge on any atom is 0.348 e. The van der Waals surface area contributed by atoms with Gasteiger partial charge in [0.2, 0.25) is 11.2 Å². The SMILES string of the molecule is C=C(C)[C@@]1(O)[C@@H](COC(Cc2ccc(N3CCCCC3=O)cc2)(C(=O)O)C(=O)O)O[C@@H](n2cnc3c(N)nc(Cl)nc32)[C@@H]1O. The van der Waals surface area contributed by atoms with Crippen LogP contribution in [0.2, 0.25) is 5.28 Å². The lowest BCUT2D eigenvalue weighted by atomic mass is 9.85. The molecule has 1 aromatic carbocycles. The smallest absolute Gasteiger partial charge is 0.348 e. The summed E-state index contributed by atoms with van der Waals surface area (Å²) in [6.45, 7) is 4.95. The van der Waals surface area contributed by atoms with Gasteiger partial charge in [0.1, 0.15) is 23.3 Å². The molecule has 0 spiro atoms. The van der Waals surface area contributed by atoms with Crippen LogP contribution in [0.25, 0.3) is 11.2 Å². The molecule has 234 valence electrons. The highest BCUT2D eigenvalue weighted by Crippen LogP contribution is 2.43. The van der Waals surface area contributed by atoms with Gasteiger partial charge in [0.25, 0.3) is 5.60 Å². The normalized spacial score (nSPS) is 24.1. The van der Waals surface area contributed by atoms with Gasteiger partial charge in [-0.3, -0.25) is 9.36 Å². The summed E-state index contributed by atoms with van der Waals surface area (Å²) in [6.07, 6.45) is -1.84. The Morgan fingerprint density at radius 2 is 1.91 bits per heavy atom. The number of rotatable bonds is 10. The number of carboxylic acid groups (broad SMARTS) is 2. The third kappa shape index (κ3) is 5.26. The van der Waals surface area contributed by atoms with Gasteiger partial charge < -0.3 is 40.5 Å². The van der Waals surface area contributed by atoms with Crippen LogP contribution < -0.4 is 10.6 Å². The summed E-state index contributed by atoms with van der Waals surface area (Å²) in [4.78, 5) is 50.9. The van der Waals surface area contributed by atoms with Gasteiger partial charge in [-0.1, -0.05) is 18.7 Å². The Morgan fingerprint density at radius 1 is 1.23 bits per heavy atom. The highest BCUT2D eigenvalue weighted by Gasteiger charge is 2.58. The number of carboxylic acids is 2. The average molecular weight is 631 g/mol. The lowest BCUT2D eigenvalue weighted by molar-refractivity contribution is -0.191. The second kappa shape index (κ2) is 11.7. The first-order valence-electron chi connectivity index (χ1n) is 13.7. The number of benzene rings is 1. The maximum atomic E-state index is 12.5. The highest BCUT2D eigenvalue weighted by atomic mass is 35.5. The molecule has 0 aliphatic carbocycles. The van der Waals surface area contributed by atoms with E-state index in [9.17, 15) is 34.8 Å². The summed E-state index contributed by atoms with van der Waals surface area (Å²) in [5.74, 6) is -3.65. The number of aliphatic hydroxyl groups is 2. The van der Waals surface area contributed by atoms with Crippen LogP contribution in [0.15, 0.2) is 42.7 Å². The Balaban J connectivity index is 1.41. The number of carbonyl (C=O) groups excluding carboxylic acids is 1. The van der Waals surface area contributed by atoms with Crippen LogP contribution in [0.1, 0.15) is 38.0 Å². The van der Waals surface area contributed by atoms with Crippen LogP contribution in [0.5, 0.6) is 0 Å². The van der Waals surface area contributed by atoms with E-state index in [0.29, 0.717) is 24.2 Å². The van der Waals surface area contributed by atoms with Gasteiger partial charge in [0.15, 0.2) is 17.7 Å². The molecule has 2 fully saturated rings. The molecule has 3 aromatic rings. The average Bonchev–Trinajstić information content (AvgIpc) is 3.50. The number of anilines is 2. The number of ether oxygens (including phenoxy) is 2. The molecule has 0 radical (unpaired) electrons. The molecule has 4 heterocycles. The zero-order chi connectivity index (χ0) is 32.0. The number of piperidine rings is 1. The molecule has 0 saturated carbocycles. The number of aromatic nitrogens is 4. The molecule has 2 aliphatic heterocycles. The lowest BCUT2D eigenvalue weighted by Crippen LogP contribution is -2.55. The van der Waals surface area contributed by atoms with E-state index in [0.717, 1.165) is 12.8 Å². The number of nitrogens with zero attached hydrogens (tertiary/aromatic N) is 5. The number of carbonyl (C=O) groups is 3. The summed E-state index contributed by atoms with van der Waals surface area (Å²) >= 11 is 5.95. The highest BCUT2D eigenvalue weighted by molar-refractivity contribution is 6.28. The molecular formula is C28H31ClN6O9. The van der Waals surface area contributed by atoms with Gasteiger partial charge in [-0.25, -0.2) is 14.6 Å². The number of aliphatic hydroxyl groups excluding tert-OH is 1. The van der Waals surface area contributed by atoms with Crippen LogP contribution in [0.4, 0.5) is 11.5 Å². The number of nitrogen functional groups attached to an aromatic ring is 1. The van der Waals surface area contributed by atoms with Gasteiger partial charge in [0.05, 0.1) is 12.9 Å². The monoisotopic (exact) mass is 630 g/mol. The fraction of sp³-hybridized carbons (Fsp3) is 0.429. The molecule has 0 bridgehead atoms. The van der Waals surface area contributed by atoms with E-state index in [1.165, 1.54) is 30.0 Å². The van der Waals surface area contributed by atoms with Gasteiger partial charge in [-0.15, -0.1) is 0 Å². The van der Waals surface area contributed by atoms with Gasteiger partial charge >= 0.3 is 11.9 Å². The van der Waals surface area contributed by atoms with Crippen LogP contribution in [-0.4, -0.2) is 94.4 Å². The number of hydrogen-bond acceptors (Lipinski definition) is 11. The molecule has 6 N–H and O–H groups in total. The van der Waals surface area contributed by atoms with Gasteiger partial charge in [-0.05, 0) is 54.6 Å². The second-order valence-corrected chi connectivity index (χ2v) is 11.2. The first-order valence-corrected chi connectivity index (χ1v) is 14.0.